The van der Waals surface area contributed by atoms with Crippen molar-refractivity contribution < 1.29 is 23.7 Å². The molecule has 0 fully saturated rings. The Kier molecular flexibility index (Phi) is 6.32. The van der Waals surface area contributed by atoms with Crippen LogP contribution in [0.3, 0.4) is 0 Å². The first kappa shape index (κ1) is 22.2. The standard InChI is InChI=1S/C28H29NO5/c1-18-13-24-25(34-17-33-24)14-20(18)9-10-23-22-15-26(30-2)28(27(31-3)21(22)11-12-29-23)32-16-19-7-5-4-6-8-19/h4-10,13-15,23,29H,11-12,16-17H2,1-3H3/b10-9+. The molecular weight excluding hydrogens is 430 g/mol. The van der Waals surface area contributed by atoms with Crippen LogP contribution in [-0.2, 0) is 13.0 Å². The first-order valence-electron chi connectivity index (χ1n) is 11.4. The Morgan fingerprint density at radius 2 is 1.79 bits per heavy atom. The summed E-state index contributed by atoms with van der Waals surface area (Å²) in [6, 6.07) is 16.2. The van der Waals surface area contributed by atoms with E-state index in [1.165, 1.54) is 0 Å². The third-order valence-corrected chi connectivity index (χ3v) is 6.29. The van der Waals surface area contributed by atoms with E-state index >= 15 is 0 Å². The van der Waals surface area contributed by atoms with Crippen LogP contribution in [0.25, 0.3) is 6.08 Å². The molecule has 0 amide bonds. The molecule has 34 heavy (non-hydrogen) atoms. The van der Waals surface area contributed by atoms with Crippen molar-refractivity contribution in [2.45, 2.75) is 26.0 Å². The van der Waals surface area contributed by atoms with Crippen LogP contribution < -0.4 is 29.0 Å². The van der Waals surface area contributed by atoms with Crippen LogP contribution >= 0.6 is 0 Å². The highest BCUT2D eigenvalue weighted by Gasteiger charge is 2.27. The van der Waals surface area contributed by atoms with Crippen LogP contribution in [0.1, 0.15) is 33.9 Å². The summed E-state index contributed by atoms with van der Waals surface area (Å²) >= 11 is 0. The monoisotopic (exact) mass is 459 g/mol. The van der Waals surface area contributed by atoms with Crippen molar-refractivity contribution in [3.05, 3.63) is 82.4 Å². The van der Waals surface area contributed by atoms with Crippen molar-refractivity contribution in [3.63, 3.8) is 0 Å². The van der Waals surface area contributed by atoms with Gasteiger partial charge >= 0.3 is 0 Å². The average Bonchev–Trinajstić information content (AvgIpc) is 3.32. The average molecular weight is 460 g/mol. The van der Waals surface area contributed by atoms with E-state index in [0.717, 1.165) is 58.0 Å². The predicted octanol–water partition coefficient (Wildman–Crippen LogP) is 5.22. The zero-order chi connectivity index (χ0) is 23.5. The summed E-state index contributed by atoms with van der Waals surface area (Å²) in [5, 5.41) is 3.60. The summed E-state index contributed by atoms with van der Waals surface area (Å²) in [6.07, 6.45) is 5.15. The molecule has 0 aromatic heterocycles. The van der Waals surface area contributed by atoms with E-state index < -0.39 is 0 Å². The van der Waals surface area contributed by atoms with Gasteiger partial charge in [0.05, 0.1) is 20.3 Å². The van der Waals surface area contributed by atoms with Crippen LogP contribution in [0.5, 0.6) is 28.7 Å². The molecule has 0 bridgehead atoms. The van der Waals surface area contributed by atoms with E-state index in [2.05, 4.69) is 30.5 Å². The Bertz CT molecular complexity index is 1210. The fourth-order valence-electron chi connectivity index (χ4n) is 4.52. The van der Waals surface area contributed by atoms with Crippen molar-refractivity contribution in [3.8, 4) is 28.7 Å². The van der Waals surface area contributed by atoms with Crippen molar-refractivity contribution >= 4 is 6.08 Å². The van der Waals surface area contributed by atoms with Gasteiger partial charge < -0.3 is 29.0 Å². The van der Waals surface area contributed by atoms with Gasteiger partial charge in [0.1, 0.15) is 6.61 Å². The molecule has 5 rings (SSSR count). The molecule has 3 aromatic carbocycles. The van der Waals surface area contributed by atoms with Crippen LogP contribution in [-0.4, -0.2) is 27.6 Å². The maximum atomic E-state index is 6.21. The Hall–Kier alpha value is -3.64. The Morgan fingerprint density at radius 3 is 2.56 bits per heavy atom. The summed E-state index contributed by atoms with van der Waals surface area (Å²) in [6.45, 7) is 3.63. The van der Waals surface area contributed by atoms with Crippen molar-refractivity contribution in [2.24, 2.45) is 0 Å². The molecule has 2 aliphatic rings. The Morgan fingerprint density at radius 1 is 1.00 bits per heavy atom. The van der Waals surface area contributed by atoms with Crippen molar-refractivity contribution in [1.82, 2.24) is 5.32 Å². The van der Waals surface area contributed by atoms with Gasteiger partial charge in [-0.3, -0.25) is 0 Å². The topological polar surface area (TPSA) is 58.2 Å². The summed E-state index contributed by atoms with van der Waals surface area (Å²) in [5.41, 5.74) is 5.59. The molecule has 176 valence electrons. The third kappa shape index (κ3) is 4.29. The molecule has 3 aromatic rings. The minimum atomic E-state index is 0.0135. The lowest BCUT2D eigenvalue weighted by Crippen LogP contribution is -2.29. The predicted molar refractivity (Wildman–Crippen MR) is 131 cm³/mol. The van der Waals surface area contributed by atoms with E-state index in [9.17, 15) is 0 Å². The summed E-state index contributed by atoms with van der Waals surface area (Å²) in [5.74, 6) is 3.63. The largest absolute Gasteiger partial charge is 0.493 e. The van der Waals surface area contributed by atoms with Crippen LogP contribution in [0, 0.1) is 6.92 Å². The van der Waals surface area contributed by atoms with Gasteiger partial charge in [0, 0.05) is 12.1 Å². The van der Waals surface area contributed by atoms with Gasteiger partial charge in [0.15, 0.2) is 23.0 Å². The molecule has 1 N–H and O–H groups in total. The van der Waals surface area contributed by atoms with Gasteiger partial charge in [-0.05, 0) is 53.8 Å². The number of rotatable bonds is 7. The van der Waals surface area contributed by atoms with E-state index in [4.69, 9.17) is 23.7 Å². The third-order valence-electron chi connectivity index (χ3n) is 6.29. The van der Waals surface area contributed by atoms with E-state index in [0.29, 0.717) is 18.1 Å². The van der Waals surface area contributed by atoms with Gasteiger partial charge in [-0.2, -0.15) is 0 Å². The molecule has 1 unspecified atom stereocenters. The van der Waals surface area contributed by atoms with Crippen LogP contribution in [0.2, 0.25) is 0 Å². The number of benzene rings is 3. The quantitative estimate of drug-likeness (QED) is 0.523. The molecular formula is C28H29NO5. The molecule has 1 atom stereocenters. The molecule has 6 heteroatoms. The fraction of sp³-hybridized carbons (Fsp3) is 0.286. The molecule has 0 saturated heterocycles. The lowest BCUT2D eigenvalue weighted by atomic mass is 9.91. The highest BCUT2D eigenvalue weighted by atomic mass is 16.7. The molecule has 0 spiro atoms. The van der Waals surface area contributed by atoms with E-state index in [1.807, 2.05) is 42.5 Å². The zero-order valence-electron chi connectivity index (χ0n) is 19.7. The normalized spacial score (nSPS) is 16.4. The van der Waals surface area contributed by atoms with Gasteiger partial charge in [-0.1, -0.05) is 42.5 Å². The summed E-state index contributed by atoms with van der Waals surface area (Å²) in [4.78, 5) is 0. The van der Waals surface area contributed by atoms with Crippen molar-refractivity contribution in [2.75, 3.05) is 27.6 Å². The lowest BCUT2D eigenvalue weighted by molar-refractivity contribution is 0.174. The van der Waals surface area contributed by atoms with Gasteiger partial charge in [0.2, 0.25) is 12.5 Å². The first-order valence-corrected chi connectivity index (χ1v) is 11.4. The number of ether oxygens (including phenoxy) is 5. The molecule has 6 nitrogen and oxygen atoms in total. The number of hydrogen-bond acceptors (Lipinski definition) is 6. The number of fused-ring (bicyclic) bond motifs is 2. The first-order chi connectivity index (χ1) is 16.7. The van der Waals surface area contributed by atoms with Crippen molar-refractivity contribution in [1.29, 1.82) is 0 Å². The van der Waals surface area contributed by atoms with Crippen LogP contribution in [0.15, 0.2) is 54.6 Å². The maximum Gasteiger partial charge on any atom is 0.231 e. The second kappa shape index (κ2) is 9.69. The Labute approximate surface area is 200 Å². The maximum absolute atomic E-state index is 6.21. The second-order valence-electron chi connectivity index (χ2n) is 8.39. The number of hydrogen-bond donors (Lipinski definition) is 1. The highest BCUT2D eigenvalue weighted by Crippen LogP contribution is 2.46. The summed E-state index contributed by atoms with van der Waals surface area (Å²) < 4.78 is 28.9. The fourth-order valence-corrected chi connectivity index (χ4v) is 4.52. The number of nitrogens with one attached hydrogen (secondary N) is 1. The number of aryl methyl sites for hydroxylation is 1. The number of methoxy groups -OCH3 is 2. The highest BCUT2D eigenvalue weighted by molar-refractivity contribution is 5.64. The molecule has 2 heterocycles. The minimum Gasteiger partial charge on any atom is -0.493 e. The van der Waals surface area contributed by atoms with Gasteiger partial charge in [-0.15, -0.1) is 0 Å². The van der Waals surface area contributed by atoms with Crippen LogP contribution in [0.4, 0.5) is 0 Å². The molecule has 0 radical (unpaired) electrons. The Balaban J connectivity index is 1.46. The van der Waals surface area contributed by atoms with Gasteiger partial charge in [0.25, 0.3) is 0 Å². The summed E-state index contributed by atoms with van der Waals surface area (Å²) in [7, 11) is 3.35. The smallest absolute Gasteiger partial charge is 0.231 e. The minimum absolute atomic E-state index is 0.0135. The SMILES string of the molecule is COc1cc2c(c(OC)c1OCc1ccccc1)CCNC2/C=C/c1cc2c(cc1C)OCO2. The van der Waals surface area contributed by atoms with Gasteiger partial charge in [-0.25, -0.2) is 0 Å². The molecule has 2 aliphatic heterocycles. The second-order valence-corrected chi connectivity index (χ2v) is 8.39. The van der Waals surface area contributed by atoms with E-state index in [-0.39, 0.29) is 12.8 Å². The molecule has 0 saturated carbocycles. The van der Waals surface area contributed by atoms with E-state index in [1.54, 1.807) is 14.2 Å². The lowest BCUT2D eigenvalue weighted by Gasteiger charge is -2.28. The zero-order valence-corrected chi connectivity index (χ0v) is 19.7. The molecule has 0 aliphatic carbocycles.